The molecule has 9 heteroatoms. The molecule has 0 radical (unpaired) electrons. The summed E-state index contributed by atoms with van der Waals surface area (Å²) in [5.74, 6) is 1.44. The Hall–Kier alpha value is -2.94. The zero-order valence-corrected chi connectivity index (χ0v) is 16.5. The number of hydrogen-bond acceptors (Lipinski definition) is 6. The topological polar surface area (TPSA) is 73.8 Å². The minimum absolute atomic E-state index is 0.213. The molecule has 0 unspecified atom stereocenters. The smallest absolute Gasteiger partial charge is 0.321 e. The summed E-state index contributed by atoms with van der Waals surface area (Å²) in [4.78, 5) is 27.5. The van der Waals surface area contributed by atoms with Crippen molar-refractivity contribution in [3.63, 3.8) is 0 Å². The van der Waals surface area contributed by atoms with Crippen LogP contribution in [0.15, 0.2) is 30.6 Å². The molecule has 2 saturated heterocycles. The molecule has 8 nitrogen and oxygen atoms in total. The second-order valence-corrected chi connectivity index (χ2v) is 7.15. The van der Waals surface area contributed by atoms with Gasteiger partial charge < -0.3 is 24.8 Å². The number of nitrogens with one attached hydrogen (secondary N) is 1. The summed E-state index contributed by atoms with van der Waals surface area (Å²) >= 11 is 0. The zero-order valence-electron chi connectivity index (χ0n) is 16.5. The average Bonchev–Trinajstić information content (AvgIpc) is 2.78. The van der Waals surface area contributed by atoms with Crippen LogP contribution in [-0.4, -0.2) is 73.4 Å². The number of ether oxygens (including phenoxy) is 1. The molecule has 29 heavy (non-hydrogen) atoms. The summed E-state index contributed by atoms with van der Waals surface area (Å²) in [7, 11) is 0. The quantitative estimate of drug-likeness (QED) is 0.851. The summed E-state index contributed by atoms with van der Waals surface area (Å²) in [6.07, 6.45) is 1.59. The minimum Gasteiger partial charge on any atom is -0.378 e. The molecule has 1 aromatic carbocycles. The van der Waals surface area contributed by atoms with Gasteiger partial charge >= 0.3 is 6.03 Å². The lowest BCUT2D eigenvalue weighted by atomic mass is 10.2. The van der Waals surface area contributed by atoms with Gasteiger partial charge in [0.15, 0.2) is 0 Å². The highest BCUT2D eigenvalue weighted by Gasteiger charge is 2.23. The number of aromatic nitrogens is 2. The third-order valence-corrected chi connectivity index (χ3v) is 5.37. The molecule has 154 valence electrons. The van der Waals surface area contributed by atoms with Crippen LogP contribution in [0.1, 0.15) is 5.56 Å². The first kappa shape index (κ1) is 19.4. The number of benzene rings is 1. The van der Waals surface area contributed by atoms with Crippen LogP contribution < -0.4 is 15.1 Å². The van der Waals surface area contributed by atoms with E-state index in [1.807, 2.05) is 6.07 Å². The second kappa shape index (κ2) is 8.60. The van der Waals surface area contributed by atoms with Crippen LogP contribution in [0.2, 0.25) is 0 Å². The normalized spacial score (nSPS) is 17.4. The van der Waals surface area contributed by atoms with Crippen molar-refractivity contribution in [1.29, 1.82) is 0 Å². The highest BCUT2D eigenvalue weighted by atomic mass is 19.1. The van der Waals surface area contributed by atoms with Crippen molar-refractivity contribution in [1.82, 2.24) is 14.9 Å². The predicted molar refractivity (Wildman–Crippen MR) is 109 cm³/mol. The monoisotopic (exact) mass is 400 g/mol. The van der Waals surface area contributed by atoms with Gasteiger partial charge in [-0.3, -0.25) is 0 Å². The van der Waals surface area contributed by atoms with E-state index in [1.54, 1.807) is 30.3 Å². The first-order chi connectivity index (χ1) is 14.1. The highest BCUT2D eigenvalue weighted by Crippen LogP contribution is 2.21. The predicted octanol–water partition coefficient (Wildman–Crippen LogP) is 2.11. The Morgan fingerprint density at radius 3 is 2.38 bits per heavy atom. The lowest BCUT2D eigenvalue weighted by molar-refractivity contribution is 0.122. The minimum atomic E-state index is -0.326. The van der Waals surface area contributed by atoms with Gasteiger partial charge in [-0.2, -0.15) is 0 Å². The van der Waals surface area contributed by atoms with Gasteiger partial charge in [-0.05, 0) is 19.1 Å². The van der Waals surface area contributed by atoms with E-state index >= 15 is 0 Å². The molecule has 2 aliphatic heterocycles. The number of morpholine rings is 1. The maximum Gasteiger partial charge on any atom is 0.321 e. The van der Waals surface area contributed by atoms with Crippen molar-refractivity contribution in [2.24, 2.45) is 0 Å². The van der Waals surface area contributed by atoms with E-state index < -0.39 is 0 Å². The van der Waals surface area contributed by atoms with Gasteiger partial charge in [0.2, 0.25) is 0 Å². The van der Waals surface area contributed by atoms with Gasteiger partial charge in [-0.15, -0.1) is 0 Å². The van der Waals surface area contributed by atoms with Crippen LogP contribution in [-0.2, 0) is 4.74 Å². The Bertz CT molecular complexity index is 866. The van der Waals surface area contributed by atoms with Crippen molar-refractivity contribution < 1.29 is 13.9 Å². The Morgan fingerprint density at radius 1 is 1.03 bits per heavy atom. The van der Waals surface area contributed by atoms with E-state index in [0.717, 1.165) is 24.7 Å². The Labute approximate surface area is 169 Å². The number of carbonyl (C=O) groups is 1. The molecule has 0 atom stereocenters. The lowest BCUT2D eigenvalue weighted by Crippen LogP contribution is -2.50. The standard InChI is InChI=1S/C20H25FN6O2/c1-15-16(21)3-2-4-17(15)24-20(28)27-7-5-25(6-8-27)18-13-19(23-14-22-18)26-9-11-29-12-10-26/h2-4,13-14H,5-12H2,1H3,(H,24,28). The number of urea groups is 1. The number of piperazine rings is 1. The molecule has 1 aromatic heterocycles. The van der Waals surface area contributed by atoms with E-state index in [1.165, 1.54) is 6.07 Å². The molecule has 2 aromatic rings. The van der Waals surface area contributed by atoms with Crippen LogP contribution in [0.3, 0.4) is 0 Å². The SMILES string of the molecule is Cc1c(F)cccc1NC(=O)N1CCN(c2cc(N3CCOCC3)ncn2)CC1. The number of hydrogen-bond donors (Lipinski definition) is 1. The van der Waals surface area contributed by atoms with Crippen LogP contribution >= 0.6 is 0 Å². The molecule has 3 heterocycles. The van der Waals surface area contributed by atoms with E-state index in [-0.39, 0.29) is 11.8 Å². The molecule has 4 rings (SSSR count). The first-order valence-corrected chi connectivity index (χ1v) is 9.82. The van der Waals surface area contributed by atoms with Crippen molar-refractivity contribution in [2.75, 3.05) is 67.6 Å². The molecule has 0 bridgehead atoms. The van der Waals surface area contributed by atoms with Crippen LogP contribution in [0.4, 0.5) is 26.5 Å². The molecule has 1 N–H and O–H groups in total. The zero-order chi connectivity index (χ0) is 20.2. The Morgan fingerprint density at radius 2 is 1.69 bits per heavy atom. The maximum absolute atomic E-state index is 13.7. The number of rotatable bonds is 3. The van der Waals surface area contributed by atoms with Gasteiger partial charge in [0.05, 0.1) is 13.2 Å². The number of carbonyl (C=O) groups excluding carboxylic acids is 1. The summed E-state index contributed by atoms with van der Waals surface area (Å²) < 4.78 is 19.1. The number of halogens is 1. The molecule has 2 fully saturated rings. The highest BCUT2D eigenvalue weighted by molar-refractivity contribution is 5.90. The van der Waals surface area contributed by atoms with Crippen molar-refractivity contribution in [2.45, 2.75) is 6.92 Å². The van der Waals surface area contributed by atoms with Crippen LogP contribution in [0.5, 0.6) is 0 Å². The van der Waals surface area contributed by atoms with Gasteiger partial charge in [0, 0.05) is 56.6 Å². The van der Waals surface area contributed by atoms with Gasteiger partial charge in [-0.25, -0.2) is 19.2 Å². The van der Waals surface area contributed by atoms with Gasteiger partial charge in [-0.1, -0.05) is 6.07 Å². The largest absolute Gasteiger partial charge is 0.378 e. The maximum atomic E-state index is 13.7. The summed E-state index contributed by atoms with van der Waals surface area (Å²) in [5.41, 5.74) is 0.944. The molecule has 2 amide bonds. The molecule has 0 spiro atoms. The van der Waals surface area contributed by atoms with Crippen molar-refractivity contribution in [3.05, 3.63) is 42.0 Å². The van der Waals surface area contributed by atoms with E-state index in [0.29, 0.717) is 50.6 Å². The van der Waals surface area contributed by atoms with Crippen molar-refractivity contribution >= 4 is 23.4 Å². The molecule has 2 aliphatic rings. The number of nitrogens with zero attached hydrogens (tertiary/aromatic N) is 5. The van der Waals surface area contributed by atoms with Crippen molar-refractivity contribution in [3.8, 4) is 0 Å². The molecular weight excluding hydrogens is 375 g/mol. The fraction of sp³-hybridized carbons (Fsp3) is 0.450. The lowest BCUT2D eigenvalue weighted by Gasteiger charge is -2.36. The molecule has 0 aliphatic carbocycles. The average molecular weight is 400 g/mol. The summed E-state index contributed by atoms with van der Waals surface area (Å²) in [5, 5.41) is 2.81. The number of amides is 2. The number of anilines is 3. The van der Waals surface area contributed by atoms with Crippen LogP contribution in [0, 0.1) is 12.7 Å². The van der Waals surface area contributed by atoms with E-state index in [4.69, 9.17) is 4.74 Å². The van der Waals surface area contributed by atoms with E-state index in [9.17, 15) is 9.18 Å². The third kappa shape index (κ3) is 4.40. The van der Waals surface area contributed by atoms with E-state index in [2.05, 4.69) is 25.1 Å². The summed E-state index contributed by atoms with van der Waals surface area (Å²) in [6.45, 7) is 7.20. The molecule has 0 saturated carbocycles. The Kier molecular flexibility index (Phi) is 5.75. The summed E-state index contributed by atoms with van der Waals surface area (Å²) in [6, 6.07) is 6.47. The van der Waals surface area contributed by atoms with Gasteiger partial charge in [0.25, 0.3) is 0 Å². The second-order valence-electron chi connectivity index (χ2n) is 7.15. The Balaban J connectivity index is 1.35. The third-order valence-electron chi connectivity index (χ3n) is 5.37. The van der Waals surface area contributed by atoms with Crippen LogP contribution in [0.25, 0.3) is 0 Å². The van der Waals surface area contributed by atoms with Gasteiger partial charge in [0.1, 0.15) is 23.8 Å². The molecular formula is C20H25FN6O2. The fourth-order valence-corrected chi connectivity index (χ4v) is 3.55. The first-order valence-electron chi connectivity index (χ1n) is 9.82. The fourth-order valence-electron chi connectivity index (χ4n) is 3.55.